The van der Waals surface area contributed by atoms with Gasteiger partial charge in [0.1, 0.15) is 6.61 Å². The minimum Gasteiger partial charge on any atom is -0.503 e. The number of ether oxygens (including phenoxy) is 2. The second-order valence-corrected chi connectivity index (χ2v) is 5.51. The van der Waals surface area contributed by atoms with Crippen molar-refractivity contribution < 1.29 is 29.3 Å². The Hall–Kier alpha value is -3.92. The molecule has 3 N–H and O–H groups in total. The smallest absolute Gasteiger partial charge is 0.408 e. The lowest BCUT2D eigenvalue weighted by Gasteiger charge is -2.07. The summed E-state index contributed by atoms with van der Waals surface area (Å²) in [5, 5.41) is 21.3. The normalized spacial score (nSPS) is 10.0. The third-order valence-electron chi connectivity index (χ3n) is 3.49. The van der Waals surface area contributed by atoms with Crippen molar-refractivity contribution in [2.24, 2.45) is 0 Å². The van der Waals surface area contributed by atoms with E-state index in [1.165, 1.54) is 25.3 Å². The van der Waals surface area contributed by atoms with Gasteiger partial charge < -0.3 is 25.0 Å². The molecule has 144 valence electrons. The molecule has 0 aromatic heterocycles. The molecule has 7 heteroatoms. The van der Waals surface area contributed by atoms with Gasteiger partial charge in [-0.3, -0.25) is 0 Å². The van der Waals surface area contributed by atoms with Gasteiger partial charge in [-0.15, -0.1) is 0 Å². The quantitative estimate of drug-likeness (QED) is 0.525. The molecule has 2 aromatic rings. The van der Waals surface area contributed by atoms with E-state index in [0.29, 0.717) is 5.56 Å². The molecule has 0 aliphatic carbocycles. The maximum Gasteiger partial charge on any atom is 0.408 e. The number of alkyl carbamates (subject to hydrolysis) is 1. The maximum absolute atomic E-state index is 11.7. The monoisotopic (exact) mass is 381 g/mol. The molecule has 0 heterocycles. The van der Waals surface area contributed by atoms with Gasteiger partial charge in [-0.25, -0.2) is 9.59 Å². The summed E-state index contributed by atoms with van der Waals surface area (Å²) in [6, 6.07) is 12.3. The van der Waals surface area contributed by atoms with Gasteiger partial charge in [0, 0.05) is 6.08 Å². The molecular weight excluding hydrogens is 362 g/mol. The Morgan fingerprint density at radius 3 is 2.64 bits per heavy atom. The van der Waals surface area contributed by atoms with Gasteiger partial charge in [0.15, 0.2) is 11.5 Å². The summed E-state index contributed by atoms with van der Waals surface area (Å²) in [6.07, 6.45) is 1.71. The van der Waals surface area contributed by atoms with Crippen molar-refractivity contribution in [1.29, 1.82) is 0 Å². The zero-order chi connectivity index (χ0) is 20.4. The number of hydrogen-bond donors (Lipinski definition) is 3. The van der Waals surface area contributed by atoms with Crippen LogP contribution in [0.1, 0.15) is 16.7 Å². The zero-order valence-electron chi connectivity index (χ0n) is 15.1. The average Bonchev–Trinajstić information content (AvgIpc) is 2.70. The van der Waals surface area contributed by atoms with Crippen molar-refractivity contribution in [3.05, 3.63) is 65.2 Å². The lowest BCUT2D eigenvalue weighted by atomic mass is 10.1. The van der Waals surface area contributed by atoms with Gasteiger partial charge in [-0.05, 0) is 29.3 Å². The summed E-state index contributed by atoms with van der Waals surface area (Å²) in [6.45, 7) is 0.153. The Balaban J connectivity index is 1.97. The molecule has 0 aliphatic heterocycles. The van der Waals surface area contributed by atoms with Gasteiger partial charge in [-0.1, -0.05) is 42.2 Å². The van der Waals surface area contributed by atoms with E-state index < -0.39 is 12.1 Å². The first-order valence-electron chi connectivity index (χ1n) is 8.25. The number of nitrogens with one attached hydrogen (secondary N) is 1. The highest BCUT2D eigenvalue weighted by atomic mass is 16.5. The van der Waals surface area contributed by atoms with Gasteiger partial charge in [0.2, 0.25) is 0 Å². The summed E-state index contributed by atoms with van der Waals surface area (Å²) in [5.41, 5.74) is 1.60. The molecule has 0 saturated heterocycles. The number of carbonyl (C=O) groups excluding carboxylic acids is 1. The highest BCUT2D eigenvalue weighted by Gasteiger charge is 2.08. The number of phenolic OH excluding ortho intramolecular Hbond substituents is 1. The minimum atomic E-state index is -1.10. The lowest BCUT2D eigenvalue weighted by molar-refractivity contribution is -0.131. The Kier molecular flexibility index (Phi) is 7.49. The Morgan fingerprint density at radius 1 is 1.21 bits per heavy atom. The van der Waals surface area contributed by atoms with Crippen molar-refractivity contribution in [1.82, 2.24) is 5.32 Å². The van der Waals surface area contributed by atoms with E-state index in [4.69, 9.17) is 14.6 Å². The molecule has 2 aromatic carbocycles. The number of carboxylic acids is 1. The van der Waals surface area contributed by atoms with Crippen molar-refractivity contribution in [2.75, 3.05) is 13.7 Å². The Bertz CT molecular complexity index is 925. The topological polar surface area (TPSA) is 105 Å². The van der Waals surface area contributed by atoms with Crippen LogP contribution in [0.4, 0.5) is 4.79 Å². The molecule has 7 nitrogen and oxygen atoms in total. The van der Waals surface area contributed by atoms with E-state index >= 15 is 0 Å². The number of aliphatic carboxylic acids is 1. The molecule has 0 spiro atoms. The number of hydrogen-bond acceptors (Lipinski definition) is 5. The SMILES string of the molecule is COc1cc(C=CC(=O)O)cc(C#CCNC(=O)OCc2ccccc2)c1O. The largest absolute Gasteiger partial charge is 0.503 e. The number of phenols is 1. The van der Waals surface area contributed by atoms with Gasteiger partial charge in [0.25, 0.3) is 0 Å². The lowest BCUT2D eigenvalue weighted by Crippen LogP contribution is -2.24. The van der Waals surface area contributed by atoms with Crippen LogP contribution in [-0.4, -0.2) is 35.9 Å². The second kappa shape index (κ2) is 10.3. The molecule has 1 amide bonds. The van der Waals surface area contributed by atoms with Crippen LogP contribution in [0.3, 0.4) is 0 Å². The predicted octanol–water partition coefficient (Wildman–Crippen LogP) is 2.78. The number of carboxylic acid groups (broad SMARTS) is 1. The van der Waals surface area contributed by atoms with Gasteiger partial charge in [0.05, 0.1) is 19.2 Å². The molecule has 0 saturated carbocycles. The Labute approximate surface area is 162 Å². The summed E-state index contributed by atoms with van der Waals surface area (Å²) in [7, 11) is 1.38. The summed E-state index contributed by atoms with van der Waals surface area (Å²) in [5.74, 6) is 4.30. The standard InChI is InChI=1S/C21H19NO6/c1-27-18-13-16(9-10-19(23)24)12-17(20(18)25)8-5-11-22-21(26)28-14-15-6-3-2-4-7-15/h2-4,6-7,9-10,12-13,25H,11,14H2,1H3,(H,22,26)(H,23,24). The van der Waals surface area contributed by atoms with Crippen LogP contribution in [-0.2, 0) is 16.1 Å². The number of rotatable bonds is 6. The van der Waals surface area contributed by atoms with E-state index in [2.05, 4.69) is 17.2 Å². The van der Waals surface area contributed by atoms with Crippen molar-refractivity contribution in [3.8, 4) is 23.3 Å². The minimum absolute atomic E-state index is 0.00454. The van der Waals surface area contributed by atoms with E-state index in [1.54, 1.807) is 0 Å². The number of benzene rings is 2. The molecule has 28 heavy (non-hydrogen) atoms. The van der Waals surface area contributed by atoms with E-state index in [0.717, 1.165) is 11.6 Å². The average molecular weight is 381 g/mol. The van der Waals surface area contributed by atoms with Gasteiger partial charge in [-0.2, -0.15) is 0 Å². The third kappa shape index (κ3) is 6.42. The van der Waals surface area contributed by atoms with Crippen LogP contribution in [0.25, 0.3) is 6.08 Å². The maximum atomic E-state index is 11.7. The second-order valence-electron chi connectivity index (χ2n) is 5.51. The number of amides is 1. The number of carbonyl (C=O) groups is 2. The molecule has 0 unspecified atom stereocenters. The molecule has 0 fully saturated rings. The number of aromatic hydroxyl groups is 1. The molecule has 2 rings (SSSR count). The molecular formula is C21H19NO6. The molecule has 0 bridgehead atoms. The summed E-state index contributed by atoms with van der Waals surface area (Å²) >= 11 is 0. The van der Waals surface area contributed by atoms with Crippen LogP contribution in [0, 0.1) is 11.8 Å². The van der Waals surface area contributed by atoms with E-state index in [-0.39, 0.29) is 30.2 Å². The highest BCUT2D eigenvalue weighted by molar-refractivity contribution is 5.85. The molecule has 0 atom stereocenters. The molecule has 0 aliphatic rings. The first kappa shape index (κ1) is 20.4. The Morgan fingerprint density at radius 2 is 1.96 bits per heavy atom. The van der Waals surface area contributed by atoms with Crippen LogP contribution in [0.2, 0.25) is 0 Å². The highest BCUT2D eigenvalue weighted by Crippen LogP contribution is 2.31. The van der Waals surface area contributed by atoms with Crippen LogP contribution in [0.15, 0.2) is 48.5 Å². The van der Waals surface area contributed by atoms with Crippen molar-refractivity contribution >= 4 is 18.1 Å². The first-order valence-corrected chi connectivity index (χ1v) is 8.25. The van der Waals surface area contributed by atoms with Crippen molar-refractivity contribution in [3.63, 3.8) is 0 Å². The number of methoxy groups -OCH3 is 1. The van der Waals surface area contributed by atoms with Crippen LogP contribution in [0.5, 0.6) is 11.5 Å². The summed E-state index contributed by atoms with van der Waals surface area (Å²) in [4.78, 5) is 22.3. The van der Waals surface area contributed by atoms with Gasteiger partial charge >= 0.3 is 12.1 Å². The fraction of sp³-hybridized carbons (Fsp3) is 0.143. The third-order valence-corrected chi connectivity index (χ3v) is 3.49. The van der Waals surface area contributed by atoms with Crippen molar-refractivity contribution in [2.45, 2.75) is 6.61 Å². The van der Waals surface area contributed by atoms with Crippen LogP contribution < -0.4 is 10.1 Å². The van der Waals surface area contributed by atoms with E-state index in [1.807, 2.05) is 30.3 Å². The molecule has 0 radical (unpaired) electrons. The fourth-order valence-corrected chi connectivity index (χ4v) is 2.17. The fourth-order valence-electron chi connectivity index (χ4n) is 2.17. The summed E-state index contributed by atoms with van der Waals surface area (Å²) < 4.78 is 10.1. The predicted molar refractivity (Wildman–Crippen MR) is 103 cm³/mol. The van der Waals surface area contributed by atoms with Crippen LogP contribution >= 0.6 is 0 Å². The first-order chi connectivity index (χ1) is 13.5. The van der Waals surface area contributed by atoms with E-state index in [9.17, 15) is 14.7 Å². The zero-order valence-corrected chi connectivity index (χ0v) is 15.1.